The number of alkyl halides is 1. The van der Waals surface area contributed by atoms with Crippen molar-refractivity contribution in [2.75, 3.05) is 0 Å². The van der Waals surface area contributed by atoms with Crippen LogP contribution in [0.5, 0.6) is 0 Å². The molecular formula is C10H8BrClN4O2. The van der Waals surface area contributed by atoms with Crippen molar-refractivity contribution in [2.24, 2.45) is 0 Å². The molecule has 2 aromatic rings. The molecule has 0 bridgehead atoms. The van der Waals surface area contributed by atoms with Crippen molar-refractivity contribution in [2.45, 2.75) is 11.9 Å². The topological polar surface area (TPSA) is 73.8 Å². The quantitative estimate of drug-likeness (QED) is 0.490. The first kappa shape index (κ1) is 13.0. The molecule has 2 rings (SSSR count). The maximum absolute atomic E-state index is 10.9. The molecule has 6 nitrogen and oxygen atoms in total. The Labute approximate surface area is 116 Å². The van der Waals surface area contributed by atoms with E-state index in [1.54, 1.807) is 12.3 Å². The van der Waals surface area contributed by atoms with Crippen LogP contribution in [0.15, 0.2) is 24.4 Å². The van der Waals surface area contributed by atoms with Gasteiger partial charge in [-0.2, -0.15) is 0 Å². The summed E-state index contributed by atoms with van der Waals surface area (Å²) >= 11 is 9.11. The van der Waals surface area contributed by atoms with E-state index in [-0.39, 0.29) is 12.2 Å². The number of hydrogen-bond donors (Lipinski definition) is 0. The summed E-state index contributed by atoms with van der Waals surface area (Å²) in [7, 11) is 0. The maximum atomic E-state index is 10.9. The molecule has 0 aliphatic rings. The minimum Gasteiger partial charge on any atom is -0.258 e. The van der Waals surface area contributed by atoms with E-state index in [9.17, 15) is 10.1 Å². The van der Waals surface area contributed by atoms with Gasteiger partial charge in [-0.15, -0.1) is 5.10 Å². The predicted octanol–water partition coefficient (Wildman–Crippen LogP) is 2.78. The monoisotopic (exact) mass is 330 g/mol. The molecule has 1 aromatic heterocycles. The number of aromatic nitrogens is 3. The summed E-state index contributed by atoms with van der Waals surface area (Å²) in [5, 5.41) is 19.7. The lowest BCUT2D eigenvalue weighted by atomic mass is 10.2. The molecule has 0 spiro atoms. The molecule has 1 heterocycles. The van der Waals surface area contributed by atoms with Crippen LogP contribution in [0.4, 0.5) is 5.69 Å². The van der Waals surface area contributed by atoms with E-state index in [0.717, 1.165) is 5.69 Å². The van der Waals surface area contributed by atoms with Crippen molar-refractivity contribution in [3.8, 4) is 0 Å². The molecule has 8 heteroatoms. The highest BCUT2D eigenvalue weighted by atomic mass is 79.9. The lowest BCUT2D eigenvalue weighted by Gasteiger charge is -2.03. The zero-order valence-corrected chi connectivity index (χ0v) is 11.4. The zero-order chi connectivity index (χ0) is 13.1. The predicted molar refractivity (Wildman–Crippen MR) is 69.9 cm³/mol. The van der Waals surface area contributed by atoms with Gasteiger partial charge in [-0.3, -0.25) is 10.1 Å². The minimum absolute atomic E-state index is 0.0234. The molecule has 0 saturated carbocycles. The lowest BCUT2D eigenvalue weighted by molar-refractivity contribution is -0.385. The maximum Gasteiger partial charge on any atom is 0.274 e. The number of halogens is 2. The van der Waals surface area contributed by atoms with Crippen LogP contribution in [0, 0.1) is 10.1 Å². The summed E-state index contributed by atoms with van der Waals surface area (Å²) in [4.78, 5) is 10.5. The molecule has 0 aliphatic carbocycles. The van der Waals surface area contributed by atoms with Gasteiger partial charge in [-0.25, -0.2) is 4.68 Å². The second kappa shape index (κ2) is 5.45. The summed E-state index contributed by atoms with van der Waals surface area (Å²) < 4.78 is 1.54. The Morgan fingerprint density at radius 3 is 2.89 bits per heavy atom. The Hall–Kier alpha value is -1.47. The Morgan fingerprint density at radius 2 is 2.28 bits per heavy atom. The van der Waals surface area contributed by atoms with Gasteiger partial charge in [0, 0.05) is 22.6 Å². The van der Waals surface area contributed by atoms with Crippen molar-refractivity contribution in [1.82, 2.24) is 15.0 Å². The van der Waals surface area contributed by atoms with E-state index in [4.69, 9.17) is 11.6 Å². The molecular weight excluding hydrogens is 323 g/mol. The highest BCUT2D eigenvalue weighted by Gasteiger charge is 2.14. The second-order valence-corrected chi connectivity index (χ2v) is 4.57. The summed E-state index contributed by atoms with van der Waals surface area (Å²) in [5.41, 5.74) is 1.29. The number of benzene rings is 1. The Balaban J connectivity index is 2.32. The van der Waals surface area contributed by atoms with Crippen LogP contribution >= 0.6 is 27.5 Å². The van der Waals surface area contributed by atoms with Crippen LogP contribution in [-0.4, -0.2) is 19.9 Å². The van der Waals surface area contributed by atoms with Gasteiger partial charge in [0.2, 0.25) is 0 Å². The van der Waals surface area contributed by atoms with E-state index in [2.05, 4.69) is 26.2 Å². The second-order valence-electron chi connectivity index (χ2n) is 3.57. The molecule has 1 aromatic carbocycles. The van der Waals surface area contributed by atoms with E-state index < -0.39 is 4.92 Å². The van der Waals surface area contributed by atoms with E-state index >= 15 is 0 Å². The Morgan fingerprint density at radius 1 is 1.50 bits per heavy atom. The fourth-order valence-electron chi connectivity index (χ4n) is 1.51. The van der Waals surface area contributed by atoms with Gasteiger partial charge >= 0.3 is 0 Å². The van der Waals surface area contributed by atoms with Crippen LogP contribution in [0.25, 0.3) is 0 Å². The van der Waals surface area contributed by atoms with Gasteiger partial charge in [-0.1, -0.05) is 32.7 Å². The molecule has 0 atom stereocenters. The zero-order valence-electron chi connectivity index (χ0n) is 9.08. The number of nitro benzene ring substituents is 1. The fourth-order valence-corrected chi connectivity index (χ4v) is 1.96. The summed E-state index contributed by atoms with van der Waals surface area (Å²) in [6.45, 7) is 0.261. The molecule has 0 aliphatic heterocycles. The van der Waals surface area contributed by atoms with Crippen molar-refractivity contribution < 1.29 is 4.92 Å². The van der Waals surface area contributed by atoms with E-state index in [1.165, 1.54) is 16.8 Å². The third-order valence-corrected chi connectivity index (χ3v) is 3.10. The fraction of sp³-hybridized carbons (Fsp3) is 0.200. The van der Waals surface area contributed by atoms with E-state index in [0.29, 0.717) is 15.9 Å². The molecule has 0 fully saturated rings. The number of nitro groups is 1. The van der Waals surface area contributed by atoms with Gasteiger partial charge in [-0.05, 0) is 12.1 Å². The summed E-state index contributed by atoms with van der Waals surface area (Å²) in [5.74, 6) is 0. The van der Waals surface area contributed by atoms with Crippen molar-refractivity contribution in [1.29, 1.82) is 0 Å². The standard InChI is InChI=1S/C10H8BrClN4O2/c11-4-9-6-15(14-13-9)5-7-3-8(12)1-2-10(7)16(17)18/h1-3,6H,4-5H2. The van der Waals surface area contributed by atoms with Crippen molar-refractivity contribution in [3.63, 3.8) is 0 Å². The largest absolute Gasteiger partial charge is 0.274 e. The number of rotatable bonds is 4. The Kier molecular flexibility index (Phi) is 3.93. The highest BCUT2D eigenvalue weighted by molar-refractivity contribution is 9.08. The smallest absolute Gasteiger partial charge is 0.258 e. The molecule has 0 radical (unpaired) electrons. The van der Waals surface area contributed by atoms with Crippen LogP contribution in [0.2, 0.25) is 5.02 Å². The summed E-state index contributed by atoms with van der Waals surface area (Å²) in [6, 6.07) is 4.45. The van der Waals surface area contributed by atoms with Crippen LogP contribution < -0.4 is 0 Å². The molecule has 0 unspecified atom stereocenters. The van der Waals surface area contributed by atoms with Crippen molar-refractivity contribution >= 4 is 33.2 Å². The SMILES string of the molecule is O=[N+]([O-])c1ccc(Cl)cc1Cn1cc(CBr)nn1. The lowest BCUT2D eigenvalue weighted by Crippen LogP contribution is -2.04. The third kappa shape index (κ3) is 2.85. The third-order valence-electron chi connectivity index (χ3n) is 2.29. The van der Waals surface area contributed by atoms with Crippen LogP contribution in [0.3, 0.4) is 0 Å². The first-order valence-electron chi connectivity index (χ1n) is 4.98. The van der Waals surface area contributed by atoms with Gasteiger partial charge in [0.05, 0.1) is 22.7 Å². The average molecular weight is 332 g/mol. The van der Waals surface area contributed by atoms with Gasteiger partial charge < -0.3 is 0 Å². The van der Waals surface area contributed by atoms with Gasteiger partial charge in [0.15, 0.2) is 0 Å². The van der Waals surface area contributed by atoms with E-state index in [1.807, 2.05) is 0 Å². The van der Waals surface area contributed by atoms with Gasteiger partial charge in [0.1, 0.15) is 0 Å². The Bertz CT molecular complexity index is 587. The van der Waals surface area contributed by atoms with Crippen LogP contribution in [0.1, 0.15) is 11.3 Å². The molecule has 18 heavy (non-hydrogen) atoms. The number of nitrogens with zero attached hydrogens (tertiary/aromatic N) is 4. The molecule has 0 N–H and O–H groups in total. The first-order valence-corrected chi connectivity index (χ1v) is 6.48. The first-order chi connectivity index (χ1) is 8.60. The van der Waals surface area contributed by atoms with Gasteiger partial charge in [0.25, 0.3) is 5.69 Å². The summed E-state index contributed by atoms with van der Waals surface area (Å²) in [6.07, 6.45) is 1.72. The van der Waals surface area contributed by atoms with Crippen molar-refractivity contribution in [3.05, 3.63) is 50.8 Å². The van der Waals surface area contributed by atoms with Crippen LogP contribution in [-0.2, 0) is 11.9 Å². The minimum atomic E-state index is -0.437. The number of hydrogen-bond acceptors (Lipinski definition) is 4. The molecule has 0 saturated heterocycles. The highest BCUT2D eigenvalue weighted by Crippen LogP contribution is 2.23. The molecule has 94 valence electrons. The normalized spacial score (nSPS) is 10.6. The molecule has 0 amide bonds. The average Bonchev–Trinajstić information content (AvgIpc) is 2.76.